The molecule has 1 heterocycles. The van der Waals surface area contributed by atoms with Gasteiger partial charge >= 0.3 is 0 Å². The summed E-state index contributed by atoms with van der Waals surface area (Å²) in [4.78, 5) is 1.17. The molecule has 0 fully saturated rings. The lowest BCUT2D eigenvalue weighted by Crippen LogP contribution is -2.29. The third-order valence-corrected chi connectivity index (χ3v) is 3.76. The minimum atomic E-state index is -0.309. The average Bonchev–Trinajstić information content (AvgIpc) is 2.82. The largest absolute Gasteiger partial charge is 0.271 e. The van der Waals surface area contributed by atoms with Gasteiger partial charge in [-0.05, 0) is 35.2 Å². The molecular formula is C12H12ClFN2S. The van der Waals surface area contributed by atoms with Crippen LogP contribution in [-0.4, -0.2) is 0 Å². The summed E-state index contributed by atoms with van der Waals surface area (Å²) in [5, 5.41) is 2.52. The van der Waals surface area contributed by atoms with Crippen molar-refractivity contribution in [2.75, 3.05) is 0 Å². The number of hydrogen-bond acceptors (Lipinski definition) is 3. The van der Waals surface area contributed by atoms with E-state index in [0.717, 1.165) is 0 Å². The fourth-order valence-corrected chi connectivity index (χ4v) is 2.67. The van der Waals surface area contributed by atoms with Crippen molar-refractivity contribution in [2.24, 2.45) is 5.84 Å². The van der Waals surface area contributed by atoms with Crippen molar-refractivity contribution in [1.29, 1.82) is 0 Å². The minimum absolute atomic E-state index is 0.183. The van der Waals surface area contributed by atoms with Gasteiger partial charge in [-0.1, -0.05) is 17.7 Å². The van der Waals surface area contributed by atoms with E-state index in [1.165, 1.54) is 17.0 Å². The second kappa shape index (κ2) is 5.60. The van der Waals surface area contributed by atoms with Crippen molar-refractivity contribution >= 4 is 22.9 Å². The quantitative estimate of drug-likeness (QED) is 0.661. The maximum absolute atomic E-state index is 13.2. The molecule has 2 rings (SSSR count). The number of nitrogens with two attached hydrogens (primary N) is 1. The summed E-state index contributed by atoms with van der Waals surface area (Å²) in [7, 11) is 0. The van der Waals surface area contributed by atoms with E-state index in [1.807, 2.05) is 17.5 Å². The zero-order chi connectivity index (χ0) is 12.3. The van der Waals surface area contributed by atoms with Crippen LogP contribution in [0.4, 0.5) is 4.39 Å². The summed E-state index contributed by atoms with van der Waals surface area (Å²) < 4.78 is 13.2. The molecule has 1 unspecified atom stereocenters. The molecule has 5 heteroatoms. The van der Waals surface area contributed by atoms with Gasteiger partial charge in [-0.2, -0.15) is 0 Å². The number of thiophene rings is 1. The van der Waals surface area contributed by atoms with Crippen molar-refractivity contribution in [3.8, 4) is 0 Å². The van der Waals surface area contributed by atoms with E-state index in [4.69, 9.17) is 17.4 Å². The van der Waals surface area contributed by atoms with Gasteiger partial charge in [-0.15, -0.1) is 11.3 Å². The summed E-state index contributed by atoms with van der Waals surface area (Å²) in [6, 6.07) is 8.11. The Labute approximate surface area is 108 Å². The highest BCUT2D eigenvalue weighted by molar-refractivity contribution is 7.09. The predicted molar refractivity (Wildman–Crippen MR) is 69.5 cm³/mol. The van der Waals surface area contributed by atoms with Crippen molar-refractivity contribution in [3.05, 3.63) is 57.0 Å². The van der Waals surface area contributed by atoms with Gasteiger partial charge < -0.3 is 0 Å². The van der Waals surface area contributed by atoms with Crippen LogP contribution in [0.15, 0.2) is 35.7 Å². The molecule has 1 atom stereocenters. The number of benzene rings is 1. The third-order valence-electron chi connectivity index (χ3n) is 2.52. The monoisotopic (exact) mass is 270 g/mol. The lowest BCUT2D eigenvalue weighted by molar-refractivity contribution is 0.548. The molecule has 1 aromatic carbocycles. The molecule has 3 N–H and O–H groups in total. The Morgan fingerprint density at radius 1 is 1.41 bits per heavy atom. The van der Waals surface area contributed by atoms with E-state index in [2.05, 4.69) is 5.43 Å². The van der Waals surface area contributed by atoms with Gasteiger partial charge in [0.1, 0.15) is 5.82 Å². The number of hydrogen-bond donors (Lipinski definition) is 2. The predicted octanol–water partition coefficient (Wildman–Crippen LogP) is 3.29. The molecule has 0 aliphatic heterocycles. The molecule has 0 spiro atoms. The minimum Gasteiger partial charge on any atom is -0.271 e. The molecule has 90 valence electrons. The average molecular weight is 271 g/mol. The lowest BCUT2D eigenvalue weighted by Gasteiger charge is -2.17. The highest BCUT2D eigenvalue weighted by Gasteiger charge is 2.15. The van der Waals surface area contributed by atoms with E-state index in [0.29, 0.717) is 17.0 Å². The first-order chi connectivity index (χ1) is 8.20. The number of hydrazine groups is 1. The van der Waals surface area contributed by atoms with Gasteiger partial charge in [0.05, 0.1) is 6.04 Å². The second-order valence-electron chi connectivity index (χ2n) is 3.67. The fraction of sp³-hybridized carbons (Fsp3) is 0.167. The molecule has 0 aliphatic carbocycles. The number of rotatable bonds is 4. The molecule has 0 bridgehead atoms. The molecular weight excluding hydrogens is 259 g/mol. The SMILES string of the molecule is NNC(Cc1cccs1)c1cc(F)ccc1Cl. The molecule has 0 aliphatic rings. The summed E-state index contributed by atoms with van der Waals surface area (Å²) >= 11 is 7.69. The van der Waals surface area contributed by atoms with Gasteiger partial charge in [0, 0.05) is 16.3 Å². The van der Waals surface area contributed by atoms with Crippen molar-refractivity contribution in [1.82, 2.24) is 5.43 Å². The van der Waals surface area contributed by atoms with E-state index in [9.17, 15) is 4.39 Å². The molecule has 0 saturated carbocycles. The normalized spacial score (nSPS) is 12.6. The Bertz CT molecular complexity index is 487. The van der Waals surface area contributed by atoms with Crippen LogP contribution in [0, 0.1) is 5.82 Å². The first-order valence-corrected chi connectivity index (χ1v) is 6.40. The second-order valence-corrected chi connectivity index (χ2v) is 5.11. The zero-order valence-electron chi connectivity index (χ0n) is 8.99. The lowest BCUT2D eigenvalue weighted by atomic mass is 10.0. The van der Waals surface area contributed by atoms with Gasteiger partial charge in [0.2, 0.25) is 0 Å². The third kappa shape index (κ3) is 3.04. The van der Waals surface area contributed by atoms with Crippen molar-refractivity contribution < 1.29 is 4.39 Å². The van der Waals surface area contributed by atoms with E-state index in [-0.39, 0.29) is 11.9 Å². The smallest absolute Gasteiger partial charge is 0.123 e. The summed E-state index contributed by atoms with van der Waals surface area (Å²) in [5.74, 6) is 5.20. The molecule has 1 aromatic heterocycles. The van der Waals surface area contributed by atoms with Crippen molar-refractivity contribution in [2.45, 2.75) is 12.5 Å². The van der Waals surface area contributed by atoms with E-state index < -0.39 is 0 Å². The Kier molecular flexibility index (Phi) is 4.12. The maximum atomic E-state index is 13.2. The standard InChI is InChI=1S/C12H12ClFN2S/c13-11-4-3-8(14)6-10(11)12(16-15)7-9-2-1-5-17-9/h1-6,12,16H,7,15H2. The molecule has 0 saturated heterocycles. The molecule has 17 heavy (non-hydrogen) atoms. The molecule has 2 nitrogen and oxygen atoms in total. The summed E-state index contributed by atoms with van der Waals surface area (Å²) in [5.41, 5.74) is 3.36. The summed E-state index contributed by atoms with van der Waals surface area (Å²) in [6.07, 6.45) is 0.692. The van der Waals surface area contributed by atoms with Crippen molar-refractivity contribution in [3.63, 3.8) is 0 Å². The number of nitrogens with one attached hydrogen (secondary N) is 1. The number of halogens is 2. The van der Waals surface area contributed by atoms with Crippen LogP contribution in [0.1, 0.15) is 16.5 Å². The van der Waals surface area contributed by atoms with E-state index in [1.54, 1.807) is 17.4 Å². The Balaban J connectivity index is 2.25. The Morgan fingerprint density at radius 2 is 2.24 bits per heavy atom. The highest BCUT2D eigenvalue weighted by atomic mass is 35.5. The Hall–Kier alpha value is -0.940. The molecule has 0 radical (unpaired) electrons. The van der Waals surface area contributed by atoms with Crippen LogP contribution in [0.25, 0.3) is 0 Å². The van der Waals surface area contributed by atoms with Crippen LogP contribution >= 0.6 is 22.9 Å². The summed E-state index contributed by atoms with van der Waals surface area (Å²) in [6.45, 7) is 0. The van der Waals surface area contributed by atoms with Gasteiger partial charge in [0.25, 0.3) is 0 Å². The highest BCUT2D eigenvalue weighted by Crippen LogP contribution is 2.27. The van der Waals surface area contributed by atoms with Crippen LogP contribution in [0.3, 0.4) is 0 Å². The van der Waals surface area contributed by atoms with Crippen LogP contribution in [0.5, 0.6) is 0 Å². The van der Waals surface area contributed by atoms with Gasteiger partial charge in [-0.25, -0.2) is 4.39 Å². The molecule has 2 aromatic rings. The Morgan fingerprint density at radius 3 is 2.88 bits per heavy atom. The zero-order valence-corrected chi connectivity index (χ0v) is 10.6. The van der Waals surface area contributed by atoms with Crippen LogP contribution in [-0.2, 0) is 6.42 Å². The topological polar surface area (TPSA) is 38.0 Å². The van der Waals surface area contributed by atoms with Gasteiger partial charge in [-0.3, -0.25) is 11.3 Å². The van der Waals surface area contributed by atoms with E-state index >= 15 is 0 Å². The first kappa shape index (κ1) is 12.5. The first-order valence-electron chi connectivity index (χ1n) is 5.14. The van der Waals surface area contributed by atoms with Crippen LogP contribution in [0.2, 0.25) is 5.02 Å². The van der Waals surface area contributed by atoms with Crippen LogP contribution < -0.4 is 11.3 Å². The van der Waals surface area contributed by atoms with Gasteiger partial charge in [0.15, 0.2) is 0 Å². The maximum Gasteiger partial charge on any atom is 0.123 e. The fourth-order valence-electron chi connectivity index (χ4n) is 1.67. The molecule has 0 amide bonds.